The number of carbonyl (C=O) groups excluding carboxylic acids is 1. The van der Waals surface area contributed by atoms with Gasteiger partial charge in [-0.05, 0) is 31.1 Å². The fourth-order valence-corrected chi connectivity index (χ4v) is 3.01. The average molecular weight is 383 g/mol. The van der Waals surface area contributed by atoms with E-state index in [2.05, 4.69) is 10.6 Å². The molecule has 0 spiro atoms. The normalized spacial score (nSPS) is 13.0. The smallest absolute Gasteiger partial charge is 0.165 e. The second kappa shape index (κ2) is 10.6. The molecule has 0 heterocycles. The van der Waals surface area contributed by atoms with Crippen LogP contribution in [0.5, 0.6) is 0 Å². The number of Topliss-reactive ketones (excluding diaryl/α,β-unsaturated/α-hetero) is 1. The number of aliphatic hydroxyl groups is 1. The second-order valence-corrected chi connectivity index (χ2v) is 6.77. The lowest BCUT2D eigenvalue weighted by Gasteiger charge is -2.18. The molecule has 0 amide bonds. The van der Waals surface area contributed by atoms with Crippen molar-refractivity contribution in [3.8, 4) is 0 Å². The number of ketones is 1. The van der Waals surface area contributed by atoms with Crippen LogP contribution in [0.3, 0.4) is 0 Å². The van der Waals surface area contributed by atoms with Crippen LogP contribution in [-0.2, 0) is 0 Å². The quantitative estimate of drug-likeness (QED) is 0.318. The van der Waals surface area contributed by atoms with E-state index in [1.807, 2.05) is 50.4 Å². The van der Waals surface area contributed by atoms with Crippen LogP contribution < -0.4 is 22.1 Å². The highest BCUT2D eigenvalue weighted by Crippen LogP contribution is 2.25. The fraction of sp³-hybridized carbons (Fsp3) is 0.318. The Morgan fingerprint density at radius 1 is 1.18 bits per heavy atom. The summed E-state index contributed by atoms with van der Waals surface area (Å²) in [5.41, 5.74) is 17.5. The van der Waals surface area contributed by atoms with Gasteiger partial charge in [0.25, 0.3) is 0 Å². The Balaban J connectivity index is 2.10. The lowest BCUT2D eigenvalue weighted by Crippen LogP contribution is -2.40. The van der Waals surface area contributed by atoms with Crippen LogP contribution in [0.4, 0.5) is 5.69 Å². The number of rotatable bonds is 10. The van der Waals surface area contributed by atoms with Crippen molar-refractivity contribution in [2.75, 3.05) is 25.5 Å². The molecule has 2 aromatic rings. The third-order valence-corrected chi connectivity index (χ3v) is 4.61. The molecule has 0 fully saturated rings. The zero-order valence-corrected chi connectivity index (χ0v) is 16.5. The first-order valence-electron chi connectivity index (χ1n) is 9.40. The van der Waals surface area contributed by atoms with E-state index in [1.54, 1.807) is 12.1 Å². The minimum absolute atomic E-state index is 0.0163. The maximum absolute atomic E-state index is 12.3. The minimum atomic E-state index is -0.504. The highest BCUT2D eigenvalue weighted by molar-refractivity contribution is 5.96. The number of aliphatic hydroxyl groups excluding tert-OH is 1. The molecule has 0 radical (unpaired) electrons. The molecular weight excluding hydrogens is 352 g/mol. The van der Waals surface area contributed by atoms with Gasteiger partial charge in [0.1, 0.15) is 0 Å². The van der Waals surface area contributed by atoms with Gasteiger partial charge >= 0.3 is 0 Å². The molecule has 6 heteroatoms. The Labute approximate surface area is 166 Å². The van der Waals surface area contributed by atoms with E-state index in [0.717, 1.165) is 22.4 Å². The molecule has 1 unspecified atom stereocenters. The van der Waals surface area contributed by atoms with Crippen molar-refractivity contribution >= 4 is 17.2 Å². The molecule has 0 aliphatic rings. The van der Waals surface area contributed by atoms with Gasteiger partial charge < -0.3 is 21.9 Å². The van der Waals surface area contributed by atoms with Crippen molar-refractivity contribution in [1.29, 1.82) is 0 Å². The number of anilines is 1. The van der Waals surface area contributed by atoms with E-state index in [0.29, 0.717) is 24.2 Å². The van der Waals surface area contributed by atoms with Gasteiger partial charge in [-0.3, -0.25) is 10.1 Å². The van der Waals surface area contributed by atoms with E-state index in [4.69, 9.17) is 11.5 Å². The number of benzene rings is 2. The molecule has 7 N–H and O–H groups in total. The topological polar surface area (TPSA) is 113 Å². The fourth-order valence-electron chi connectivity index (χ4n) is 3.01. The van der Waals surface area contributed by atoms with Gasteiger partial charge in [0.05, 0.1) is 6.17 Å². The first kappa shape index (κ1) is 21.6. The first-order chi connectivity index (χ1) is 13.5. The maximum Gasteiger partial charge on any atom is 0.165 e. The van der Waals surface area contributed by atoms with Gasteiger partial charge in [0.2, 0.25) is 0 Å². The summed E-state index contributed by atoms with van der Waals surface area (Å²) in [7, 11) is 1.84. The highest BCUT2D eigenvalue weighted by Gasteiger charge is 2.14. The minimum Gasteiger partial charge on any atom is -0.398 e. The van der Waals surface area contributed by atoms with Crippen molar-refractivity contribution in [2.24, 2.45) is 11.5 Å². The van der Waals surface area contributed by atoms with Crippen molar-refractivity contribution in [3.63, 3.8) is 0 Å². The van der Waals surface area contributed by atoms with Crippen LogP contribution in [0.15, 0.2) is 54.1 Å². The van der Waals surface area contributed by atoms with Gasteiger partial charge in [-0.25, -0.2) is 0 Å². The van der Waals surface area contributed by atoms with Crippen LogP contribution in [0, 0.1) is 6.92 Å². The summed E-state index contributed by atoms with van der Waals surface area (Å²) in [5, 5.41) is 15.8. The molecular formula is C22H30N4O2. The SMILES string of the molecule is CNc1ccc(C)cc1/C(N)=C(\CCO)CNC(N)CC(=O)c1ccccc1. The van der Waals surface area contributed by atoms with Crippen molar-refractivity contribution in [1.82, 2.24) is 5.32 Å². The Kier molecular flexibility index (Phi) is 8.19. The van der Waals surface area contributed by atoms with Crippen LogP contribution in [-0.4, -0.2) is 37.3 Å². The van der Waals surface area contributed by atoms with Gasteiger partial charge in [0, 0.05) is 49.1 Å². The summed E-state index contributed by atoms with van der Waals surface area (Å²) >= 11 is 0. The monoisotopic (exact) mass is 382 g/mol. The summed E-state index contributed by atoms with van der Waals surface area (Å²) in [6, 6.07) is 15.1. The second-order valence-electron chi connectivity index (χ2n) is 6.77. The number of nitrogens with one attached hydrogen (secondary N) is 2. The molecule has 1 atom stereocenters. The van der Waals surface area contributed by atoms with Crippen LogP contribution in [0.2, 0.25) is 0 Å². The van der Waals surface area contributed by atoms with Crippen LogP contribution in [0.1, 0.15) is 34.3 Å². The molecule has 0 aliphatic heterocycles. The van der Waals surface area contributed by atoms with Gasteiger partial charge in [-0.1, -0.05) is 42.0 Å². The lowest BCUT2D eigenvalue weighted by molar-refractivity contribution is 0.0970. The lowest BCUT2D eigenvalue weighted by atomic mass is 10.0. The molecule has 28 heavy (non-hydrogen) atoms. The molecule has 150 valence electrons. The third kappa shape index (κ3) is 5.92. The largest absolute Gasteiger partial charge is 0.398 e. The molecule has 0 aliphatic carbocycles. The van der Waals surface area contributed by atoms with Gasteiger partial charge in [-0.15, -0.1) is 0 Å². The van der Waals surface area contributed by atoms with E-state index in [9.17, 15) is 9.90 Å². The number of hydrogen-bond acceptors (Lipinski definition) is 6. The predicted octanol–water partition coefficient (Wildman–Crippen LogP) is 2.24. The van der Waals surface area contributed by atoms with Crippen molar-refractivity contribution < 1.29 is 9.90 Å². The number of carbonyl (C=O) groups is 1. The van der Waals surface area contributed by atoms with E-state index in [-0.39, 0.29) is 18.8 Å². The number of hydrogen-bond donors (Lipinski definition) is 5. The molecule has 2 rings (SSSR count). The zero-order valence-electron chi connectivity index (χ0n) is 16.5. The van der Waals surface area contributed by atoms with E-state index < -0.39 is 6.17 Å². The summed E-state index contributed by atoms with van der Waals surface area (Å²) in [4.78, 5) is 12.3. The van der Waals surface area contributed by atoms with Crippen LogP contribution >= 0.6 is 0 Å². The summed E-state index contributed by atoms with van der Waals surface area (Å²) in [5.74, 6) is -0.0163. The predicted molar refractivity (Wildman–Crippen MR) is 115 cm³/mol. The standard InChI is InChI=1S/C22H30N4O2/c1-15-8-9-19(25-2)18(12-15)22(24)17(10-11-27)14-26-21(23)13-20(28)16-6-4-3-5-7-16/h3-9,12,21,25-27H,10-11,13-14,23-24H2,1-2H3/b22-17-. The average Bonchev–Trinajstić information content (AvgIpc) is 2.71. The molecule has 0 aromatic heterocycles. The molecule has 6 nitrogen and oxygen atoms in total. The maximum atomic E-state index is 12.3. The summed E-state index contributed by atoms with van der Waals surface area (Å²) in [6.45, 7) is 2.38. The van der Waals surface area contributed by atoms with Gasteiger partial charge in [0.15, 0.2) is 5.78 Å². The van der Waals surface area contributed by atoms with Crippen molar-refractivity contribution in [3.05, 3.63) is 70.8 Å². The molecule has 0 saturated heterocycles. The summed E-state index contributed by atoms with van der Waals surface area (Å²) in [6.07, 6.45) is 0.105. The Hall–Kier alpha value is -2.67. The molecule has 0 bridgehead atoms. The van der Waals surface area contributed by atoms with Gasteiger partial charge in [-0.2, -0.15) is 0 Å². The molecule has 0 saturated carbocycles. The number of aryl methyl sites for hydroxylation is 1. The number of nitrogens with two attached hydrogens (primary N) is 2. The first-order valence-corrected chi connectivity index (χ1v) is 9.40. The zero-order chi connectivity index (χ0) is 20.5. The Morgan fingerprint density at radius 2 is 1.89 bits per heavy atom. The third-order valence-electron chi connectivity index (χ3n) is 4.61. The Bertz CT molecular complexity index is 819. The highest BCUT2D eigenvalue weighted by atomic mass is 16.3. The molecule has 2 aromatic carbocycles. The Morgan fingerprint density at radius 3 is 2.54 bits per heavy atom. The van der Waals surface area contributed by atoms with Crippen LogP contribution in [0.25, 0.3) is 5.70 Å². The van der Waals surface area contributed by atoms with E-state index >= 15 is 0 Å². The summed E-state index contributed by atoms with van der Waals surface area (Å²) < 4.78 is 0. The van der Waals surface area contributed by atoms with Crippen molar-refractivity contribution in [2.45, 2.75) is 25.9 Å². The van der Waals surface area contributed by atoms with E-state index in [1.165, 1.54) is 0 Å².